The predicted molar refractivity (Wildman–Crippen MR) is 128 cm³/mol. The van der Waals surface area contributed by atoms with E-state index < -0.39 is 18.0 Å². The number of benzene rings is 2. The quantitative estimate of drug-likeness (QED) is 0.268. The van der Waals surface area contributed by atoms with E-state index in [2.05, 4.69) is 6.92 Å². The SMILES string of the molecule is CCCCCCCCCCOc1ccc(C(O)c2cccc(C(=O)O)c2)cc1CCC(=O)O. The van der Waals surface area contributed by atoms with Gasteiger partial charge in [0.25, 0.3) is 0 Å². The van der Waals surface area contributed by atoms with E-state index in [1.807, 2.05) is 0 Å². The lowest BCUT2D eigenvalue weighted by Crippen LogP contribution is -2.06. The summed E-state index contributed by atoms with van der Waals surface area (Å²) >= 11 is 0. The third-order valence-corrected chi connectivity index (χ3v) is 5.71. The van der Waals surface area contributed by atoms with Gasteiger partial charge in [-0.2, -0.15) is 0 Å². The molecule has 0 fully saturated rings. The Morgan fingerprint density at radius 1 is 0.879 bits per heavy atom. The number of aryl methyl sites for hydroxylation is 1. The van der Waals surface area contributed by atoms with Gasteiger partial charge in [0.05, 0.1) is 12.2 Å². The van der Waals surface area contributed by atoms with Crippen LogP contribution in [0, 0.1) is 0 Å². The van der Waals surface area contributed by atoms with Crippen molar-refractivity contribution in [1.29, 1.82) is 0 Å². The average molecular weight is 457 g/mol. The second-order valence-corrected chi connectivity index (χ2v) is 8.42. The Hall–Kier alpha value is -2.86. The van der Waals surface area contributed by atoms with Crippen LogP contribution in [0.2, 0.25) is 0 Å². The van der Waals surface area contributed by atoms with E-state index in [1.54, 1.807) is 30.3 Å². The second kappa shape index (κ2) is 14.3. The summed E-state index contributed by atoms with van der Waals surface area (Å²) in [6, 6.07) is 11.4. The highest BCUT2D eigenvalue weighted by Crippen LogP contribution is 2.29. The number of carbonyl (C=O) groups is 2. The molecule has 0 aliphatic rings. The van der Waals surface area contributed by atoms with Crippen molar-refractivity contribution in [3.05, 3.63) is 64.7 Å². The fourth-order valence-corrected chi connectivity index (χ4v) is 3.80. The minimum atomic E-state index is -1.06. The number of carboxylic acid groups (broad SMARTS) is 2. The summed E-state index contributed by atoms with van der Waals surface area (Å²) in [5.74, 6) is -1.32. The fraction of sp³-hybridized carbons (Fsp3) is 0.481. The number of ether oxygens (including phenoxy) is 1. The van der Waals surface area contributed by atoms with Gasteiger partial charge in [0.15, 0.2) is 0 Å². The molecule has 6 nitrogen and oxygen atoms in total. The minimum Gasteiger partial charge on any atom is -0.493 e. The molecule has 0 radical (unpaired) electrons. The van der Waals surface area contributed by atoms with Crippen molar-refractivity contribution in [1.82, 2.24) is 0 Å². The molecule has 0 saturated heterocycles. The maximum Gasteiger partial charge on any atom is 0.335 e. The van der Waals surface area contributed by atoms with Gasteiger partial charge in [-0.25, -0.2) is 4.79 Å². The van der Waals surface area contributed by atoms with Crippen LogP contribution in [0.3, 0.4) is 0 Å². The van der Waals surface area contributed by atoms with Crippen molar-refractivity contribution >= 4 is 11.9 Å². The van der Waals surface area contributed by atoms with Crippen molar-refractivity contribution in [3.63, 3.8) is 0 Å². The molecule has 1 atom stereocenters. The number of aliphatic carboxylic acids is 1. The molecule has 3 N–H and O–H groups in total. The van der Waals surface area contributed by atoms with Crippen LogP contribution in [0.25, 0.3) is 0 Å². The molecule has 0 heterocycles. The fourth-order valence-electron chi connectivity index (χ4n) is 3.80. The van der Waals surface area contributed by atoms with Crippen molar-refractivity contribution in [2.75, 3.05) is 6.61 Å². The predicted octanol–water partition coefficient (Wildman–Crippen LogP) is 6.00. The topological polar surface area (TPSA) is 104 Å². The molecule has 6 heteroatoms. The minimum absolute atomic E-state index is 0.0395. The zero-order valence-corrected chi connectivity index (χ0v) is 19.5. The summed E-state index contributed by atoms with van der Waals surface area (Å²) in [5.41, 5.74) is 1.86. The Labute approximate surface area is 196 Å². The molecule has 0 aromatic heterocycles. The van der Waals surface area contributed by atoms with E-state index >= 15 is 0 Å². The van der Waals surface area contributed by atoms with Gasteiger partial charge in [-0.3, -0.25) is 4.79 Å². The third kappa shape index (κ3) is 9.26. The zero-order valence-electron chi connectivity index (χ0n) is 19.5. The third-order valence-electron chi connectivity index (χ3n) is 5.71. The summed E-state index contributed by atoms with van der Waals surface area (Å²) in [6.45, 7) is 2.78. The Kier molecular flexibility index (Phi) is 11.5. The first-order chi connectivity index (χ1) is 15.9. The molecule has 180 valence electrons. The molecular weight excluding hydrogens is 420 g/mol. The number of unbranched alkanes of at least 4 members (excludes halogenated alkanes) is 7. The summed E-state index contributed by atoms with van der Waals surface area (Å²) in [7, 11) is 0. The van der Waals surface area contributed by atoms with Gasteiger partial charge in [-0.05, 0) is 53.8 Å². The summed E-state index contributed by atoms with van der Waals surface area (Å²) in [5, 5.41) is 29.1. The van der Waals surface area contributed by atoms with Crippen LogP contribution in [-0.2, 0) is 11.2 Å². The zero-order chi connectivity index (χ0) is 24.1. The van der Waals surface area contributed by atoms with Crippen LogP contribution in [-0.4, -0.2) is 33.9 Å². The number of hydrogen-bond acceptors (Lipinski definition) is 4. The molecule has 0 aliphatic carbocycles. The van der Waals surface area contributed by atoms with Gasteiger partial charge in [0.1, 0.15) is 11.9 Å². The molecule has 1 unspecified atom stereocenters. The first kappa shape index (κ1) is 26.4. The van der Waals surface area contributed by atoms with Crippen molar-refractivity contribution < 1.29 is 29.6 Å². The number of aliphatic hydroxyl groups is 1. The molecule has 0 bridgehead atoms. The van der Waals surface area contributed by atoms with Crippen LogP contribution in [0.1, 0.15) is 97.9 Å². The lowest BCUT2D eigenvalue weighted by Gasteiger charge is -2.17. The van der Waals surface area contributed by atoms with E-state index in [-0.39, 0.29) is 18.4 Å². The van der Waals surface area contributed by atoms with Crippen LogP contribution in [0.15, 0.2) is 42.5 Å². The first-order valence-electron chi connectivity index (χ1n) is 11.9. The molecule has 2 rings (SSSR count). The highest BCUT2D eigenvalue weighted by Gasteiger charge is 2.16. The van der Waals surface area contributed by atoms with Crippen LogP contribution >= 0.6 is 0 Å². The lowest BCUT2D eigenvalue weighted by molar-refractivity contribution is -0.136. The van der Waals surface area contributed by atoms with E-state index in [9.17, 15) is 19.8 Å². The molecule has 0 amide bonds. The second-order valence-electron chi connectivity index (χ2n) is 8.42. The van der Waals surface area contributed by atoms with E-state index in [0.29, 0.717) is 23.5 Å². The van der Waals surface area contributed by atoms with Gasteiger partial charge in [0, 0.05) is 6.42 Å². The summed E-state index contributed by atoms with van der Waals surface area (Å²) < 4.78 is 5.95. The highest BCUT2D eigenvalue weighted by molar-refractivity contribution is 5.87. The molecule has 0 spiro atoms. The molecule has 0 aliphatic heterocycles. The smallest absolute Gasteiger partial charge is 0.335 e. The van der Waals surface area contributed by atoms with Crippen molar-refractivity contribution in [2.24, 2.45) is 0 Å². The summed E-state index contributed by atoms with van der Waals surface area (Å²) in [6.07, 6.45) is 8.87. The number of aliphatic hydroxyl groups excluding tert-OH is 1. The van der Waals surface area contributed by atoms with E-state index in [4.69, 9.17) is 9.84 Å². The standard InChI is InChI=1S/C27H36O6/c1-2-3-4-5-6-7-8-9-17-33-24-15-13-22(18-20(24)14-16-25(28)29)26(30)21-11-10-12-23(19-21)27(31)32/h10-13,15,18-19,26,30H,2-9,14,16-17H2,1H3,(H,28,29)(H,31,32). The Balaban J connectivity index is 2.00. The Morgan fingerprint density at radius 2 is 1.55 bits per heavy atom. The average Bonchev–Trinajstić information content (AvgIpc) is 2.81. The van der Waals surface area contributed by atoms with E-state index in [1.165, 1.54) is 50.7 Å². The van der Waals surface area contributed by atoms with Crippen LogP contribution < -0.4 is 4.74 Å². The largest absolute Gasteiger partial charge is 0.493 e. The molecule has 2 aromatic rings. The van der Waals surface area contributed by atoms with Gasteiger partial charge in [-0.15, -0.1) is 0 Å². The van der Waals surface area contributed by atoms with Crippen molar-refractivity contribution in [2.45, 2.75) is 77.2 Å². The summed E-state index contributed by atoms with van der Waals surface area (Å²) in [4.78, 5) is 22.3. The molecule has 2 aromatic carbocycles. The number of aromatic carboxylic acids is 1. The van der Waals surface area contributed by atoms with Gasteiger partial charge in [0.2, 0.25) is 0 Å². The molecule has 0 saturated carbocycles. The Bertz CT molecular complexity index is 892. The molecule has 33 heavy (non-hydrogen) atoms. The van der Waals surface area contributed by atoms with Crippen LogP contribution in [0.4, 0.5) is 0 Å². The van der Waals surface area contributed by atoms with E-state index in [0.717, 1.165) is 18.4 Å². The maximum atomic E-state index is 11.2. The van der Waals surface area contributed by atoms with Crippen LogP contribution in [0.5, 0.6) is 5.75 Å². The molecular formula is C27H36O6. The van der Waals surface area contributed by atoms with Gasteiger partial charge in [-0.1, -0.05) is 70.1 Å². The van der Waals surface area contributed by atoms with Gasteiger partial charge >= 0.3 is 11.9 Å². The highest BCUT2D eigenvalue weighted by atomic mass is 16.5. The number of carboxylic acids is 2. The number of rotatable bonds is 16. The Morgan fingerprint density at radius 3 is 2.21 bits per heavy atom. The maximum absolute atomic E-state index is 11.2. The monoisotopic (exact) mass is 456 g/mol. The number of hydrogen-bond donors (Lipinski definition) is 3. The normalized spacial score (nSPS) is 11.8. The lowest BCUT2D eigenvalue weighted by atomic mass is 9.96. The first-order valence-corrected chi connectivity index (χ1v) is 11.9. The van der Waals surface area contributed by atoms with Gasteiger partial charge < -0.3 is 20.1 Å². The van der Waals surface area contributed by atoms with Crippen molar-refractivity contribution in [3.8, 4) is 5.75 Å².